The van der Waals surface area contributed by atoms with E-state index in [1.807, 2.05) is 6.07 Å². The van der Waals surface area contributed by atoms with Crippen LogP contribution in [0.2, 0.25) is 0 Å². The molecule has 0 aliphatic carbocycles. The van der Waals surface area contributed by atoms with Gasteiger partial charge < -0.3 is 9.67 Å². The minimum Gasteiger partial charge on any atom is -0.389 e. The van der Waals surface area contributed by atoms with E-state index in [1.54, 1.807) is 6.92 Å². The Morgan fingerprint density at radius 1 is 1.00 bits per heavy atom. The summed E-state index contributed by atoms with van der Waals surface area (Å²) in [5.74, 6) is 0. The van der Waals surface area contributed by atoms with E-state index >= 15 is 0 Å². The fourth-order valence-electron chi connectivity index (χ4n) is 2.44. The van der Waals surface area contributed by atoms with Crippen molar-refractivity contribution in [1.29, 1.82) is 0 Å². The Balaban J connectivity index is 2.45. The van der Waals surface area contributed by atoms with Crippen LogP contribution >= 0.6 is 0 Å². The molecule has 1 aromatic heterocycles. The SMILES string of the molecule is CC(O)c1ccc2c3ccccc3n(C)c2c1. The van der Waals surface area contributed by atoms with Crippen LogP contribution in [0.3, 0.4) is 0 Å². The summed E-state index contributed by atoms with van der Waals surface area (Å²) in [5, 5.41) is 12.1. The number of benzene rings is 2. The smallest absolute Gasteiger partial charge is 0.0762 e. The predicted molar refractivity (Wildman–Crippen MR) is 71.1 cm³/mol. The highest BCUT2D eigenvalue weighted by atomic mass is 16.3. The fraction of sp³-hybridized carbons (Fsp3) is 0.200. The monoisotopic (exact) mass is 225 g/mol. The number of aliphatic hydroxyl groups excluding tert-OH is 1. The maximum absolute atomic E-state index is 9.64. The van der Waals surface area contributed by atoms with Gasteiger partial charge in [-0.25, -0.2) is 0 Å². The molecule has 1 N–H and O–H groups in total. The van der Waals surface area contributed by atoms with Crippen LogP contribution in [0.4, 0.5) is 0 Å². The van der Waals surface area contributed by atoms with Gasteiger partial charge in [0.05, 0.1) is 6.10 Å². The van der Waals surface area contributed by atoms with Crippen LogP contribution in [-0.2, 0) is 7.05 Å². The molecule has 0 spiro atoms. The maximum atomic E-state index is 9.64. The number of hydrogen-bond donors (Lipinski definition) is 1. The number of rotatable bonds is 1. The highest BCUT2D eigenvalue weighted by Gasteiger charge is 2.09. The van der Waals surface area contributed by atoms with Gasteiger partial charge in [0.1, 0.15) is 0 Å². The van der Waals surface area contributed by atoms with E-state index in [4.69, 9.17) is 0 Å². The van der Waals surface area contributed by atoms with Crippen LogP contribution in [-0.4, -0.2) is 9.67 Å². The molecule has 2 aromatic carbocycles. The zero-order valence-corrected chi connectivity index (χ0v) is 10.0. The molecule has 86 valence electrons. The van der Waals surface area contributed by atoms with Gasteiger partial charge in [-0.15, -0.1) is 0 Å². The van der Waals surface area contributed by atoms with Crippen LogP contribution in [0.25, 0.3) is 21.8 Å². The maximum Gasteiger partial charge on any atom is 0.0762 e. The number of aromatic nitrogens is 1. The summed E-state index contributed by atoms with van der Waals surface area (Å²) in [6.07, 6.45) is -0.419. The summed E-state index contributed by atoms with van der Waals surface area (Å²) in [7, 11) is 2.07. The molecule has 0 saturated heterocycles. The van der Waals surface area contributed by atoms with Crippen LogP contribution < -0.4 is 0 Å². The van der Waals surface area contributed by atoms with Gasteiger partial charge in [-0.2, -0.15) is 0 Å². The van der Waals surface area contributed by atoms with E-state index in [0.29, 0.717) is 0 Å². The fourth-order valence-corrected chi connectivity index (χ4v) is 2.44. The highest BCUT2D eigenvalue weighted by Crippen LogP contribution is 2.29. The van der Waals surface area contributed by atoms with Crippen molar-refractivity contribution in [3.63, 3.8) is 0 Å². The Morgan fingerprint density at radius 2 is 1.71 bits per heavy atom. The lowest BCUT2D eigenvalue weighted by Crippen LogP contribution is -1.92. The van der Waals surface area contributed by atoms with Crippen molar-refractivity contribution < 1.29 is 5.11 Å². The molecule has 0 radical (unpaired) electrons. The second kappa shape index (κ2) is 3.60. The van der Waals surface area contributed by atoms with Gasteiger partial charge in [0.25, 0.3) is 0 Å². The first-order valence-electron chi connectivity index (χ1n) is 5.83. The Hall–Kier alpha value is -1.80. The third kappa shape index (κ3) is 1.45. The summed E-state index contributed by atoms with van der Waals surface area (Å²) >= 11 is 0. The first-order valence-corrected chi connectivity index (χ1v) is 5.83. The quantitative estimate of drug-likeness (QED) is 0.674. The average Bonchev–Trinajstić information content (AvgIpc) is 2.64. The zero-order valence-electron chi connectivity index (χ0n) is 10.0. The molecule has 17 heavy (non-hydrogen) atoms. The largest absolute Gasteiger partial charge is 0.389 e. The molecule has 2 nitrogen and oxygen atoms in total. The summed E-state index contributed by atoms with van der Waals surface area (Å²) < 4.78 is 2.18. The second-order valence-electron chi connectivity index (χ2n) is 4.53. The molecule has 0 aliphatic rings. The lowest BCUT2D eigenvalue weighted by Gasteiger charge is -2.05. The standard InChI is InChI=1S/C15H15NO/c1-10(17)11-7-8-13-12-5-3-4-6-14(12)16(2)15(13)9-11/h3-10,17H,1-2H3. The number of hydrogen-bond acceptors (Lipinski definition) is 1. The molecule has 3 aromatic rings. The van der Waals surface area contributed by atoms with Gasteiger partial charge in [-0.05, 0) is 24.6 Å². The van der Waals surface area contributed by atoms with E-state index in [2.05, 4.69) is 48.0 Å². The number of fused-ring (bicyclic) bond motifs is 3. The molecule has 0 saturated carbocycles. The van der Waals surface area contributed by atoms with Gasteiger partial charge in [0.15, 0.2) is 0 Å². The molecule has 0 amide bonds. The van der Waals surface area contributed by atoms with Gasteiger partial charge in [-0.3, -0.25) is 0 Å². The third-order valence-corrected chi connectivity index (χ3v) is 3.42. The lowest BCUT2D eigenvalue weighted by atomic mass is 10.1. The third-order valence-electron chi connectivity index (χ3n) is 3.42. The molecule has 0 bridgehead atoms. The number of para-hydroxylation sites is 1. The molecule has 0 fully saturated rings. The van der Waals surface area contributed by atoms with Gasteiger partial charge in [-0.1, -0.05) is 30.3 Å². The van der Waals surface area contributed by atoms with Crippen molar-refractivity contribution in [3.05, 3.63) is 48.0 Å². The van der Waals surface area contributed by atoms with E-state index < -0.39 is 6.10 Å². The highest BCUT2D eigenvalue weighted by molar-refractivity contribution is 6.08. The van der Waals surface area contributed by atoms with E-state index in [-0.39, 0.29) is 0 Å². The molecular formula is C15H15NO. The van der Waals surface area contributed by atoms with Crippen molar-refractivity contribution in [2.45, 2.75) is 13.0 Å². The molecular weight excluding hydrogens is 210 g/mol. The van der Waals surface area contributed by atoms with Crippen LogP contribution in [0.15, 0.2) is 42.5 Å². The van der Waals surface area contributed by atoms with Crippen LogP contribution in [0.5, 0.6) is 0 Å². The summed E-state index contributed by atoms with van der Waals surface area (Å²) in [6.45, 7) is 1.80. The lowest BCUT2D eigenvalue weighted by molar-refractivity contribution is 0.199. The van der Waals surface area contributed by atoms with Crippen LogP contribution in [0.1, 0.15) is 18.6 Å². The van der Waals surface area contributed by atoms with E-state index in [1.165, 1.54) is 21.8 Å². The van der Waals surface area contributed by atoms with Crippen LogP contribution in [0, 0.1) is 0 Å². The van der Waals surface area contributed by atoms with Crippen molar-refractivity contribution >= 4 is 21.8 Å². The van der Waals surface area contributed by atoms with Crippen molar-refractivity contribution in [2.75, 3.05) is 0 Å². The van der Waals surface area contributed by atoms with Gasteiger partial charge in [0, 0.05) is 28.9 Å². The number of aliphatic hydroxyl groups is 1. The average molecular weight is 225 g/mol. The number of nitrogens with zero attached hydrogens (tertiary/aromatic N) is 1. The van der Waals surface area contributed by atoms with E-state index in [0.717, 1.165) is 5.56 Å². The minimum absolute atomic E-state index is 0.419. The minimum atomic E-state index is -0.419. The Kier molecular flexibility index (Phi) is 2.20. The first kappa shape index (κ1) is 10.4. The Labute approximate surface area is 100 Å². The Bertz CT molecular complexity index is 695. The van der Waals surface area contributed by atoms with Crippen molar-refractivity contribution in [2.24, 2.45) is 7.05 Å². The summed E-state index contributed by atoms with van der Waals surface area (Å²) in [5.41, 5.74) is 3.36. The number of aryl methyl sites for hydroxylation is 1. The van der Waals surface area contributed by atoms with Crippen molar-refractivity contribution in [3.8, 4) is 0 Å². The normalized spacial score (nSPS) is 13.4. The molecule has 1 atom stereocenters. The molecule has 1 heterocycles. The van der Waals surface area contributed by atoms with E-state index in [9.17, 15) is 5.11 Å². The summed E-state index contributed by atoms with van der Waals surface area (Å²) in [4.78, 5) is 0. The Morgan fingerprint density at radius 3 is 2.47 bits per heavy atom. The predicted octanol–water partition coefficient (Wildman–Crippen LogP) is 3.38. The van der Waals surface area contributed by atoms with Gasteiger partial charge in [0.2, 0.25) is 0 Å². The molecule has 1 unspecified atom stereocenters. The summed E-state index contributed by atoms with van der Waals surface area (Å²) in [6, 6.07) is 14.5. The molecule has 3 rings (SSSR count). The first-order chi connectivity index (χ1) is 8.18. The molecule has 2 heteroatoms. The van der Waals surface area contributed by atoms with Crippen molar-refractivity contribution in [1.82, 2.24) is 4.57 Å². The zero-order chi connectivity index (χ0) is 12.0. The van der Waals surface area contributed by atoms with Gasteiger partial charge >= 0.3 is 0 Å². The topological polar surface area (TPSA) is 25.2 Å². The second-order valence-corrected chi connectivity index (χ2v) is 4.53. The molecule has 0 aliphatic heterocycles.